The van der Waals surface area contributed by atoms with Gasteiger partial charge in [-0.2, -0.15) is 0 Å². The van der Waals surface area contributed by atoms with Crippen LogP contribution in [0.2, 0.25) is 0 Å². The molecule has 3 rings (SSSR count). The number of aliphatic hydroxyl groups is 1. The van der Waals surface area contributed by atoms with Crippen LogP contribution >= 0.6 is 0 Å². The monoisotopic (exact) mass is 267 g/mol. The summed E-state index contributed by atoms with van der Waals surface area (Å²) >= 11 is 0. The quantitative estimate of drug-likeness (QED) is 0.766. The summed E-state index contributed by atoms with van der Waals surface area (Å²) in [5.74, 6) is -0.335. The molecule has 0 amide bonds. The van der Waals surface area contributed by atoms with Crippen LogP contribution in [0.3, 0.4) is 0 Å². The molecule has 0 aliphatic heterocycles. The Morgan fingerprint density at radius 2 is 1.90 bits per heavy atom. The normalized spacial score (nSPS) is 12.6. The average Bonchev–Trinajstić information content (AvgIpc) is 2.45. The van der Waals surface area contributed by atoms with E-state index in [1.807, 2.05) is 30.3 Å². The van der Waals surface area contributed by atoms with Gasteiger partial charge in [0.25, 0.3) is 0 Å². The van der Waals surface area contributed by atoms with E-state index in [4.69, 9.17) is 0 Å². The van der Waals surface area contributed by atoms with Crippen LogP contribution in [0.15, 0.2) is 54.7 Å². The third-order valence-corrected chi connectivity index (χ3v) is 3.33. The Bertz CT molecular complexity index is 750. The van der Waals surface area contributed by atoms with Crippen molar-refractivity contribution in [2.45, 2.75) is 13.0 Å². The number of pyridine rings is 1. The maximum atomic E-state index is 13.4. The van der Waals surface area contributed by atoms with Crippen molar-refractivity contribution < 1.29 is 9.50 Å². The fraction of sp³-hybridized carbons (Fsp3) is 0.118. The first-order valence-electron chi connectivity index (χ1n) is 6.43. The summed E-state index contributed by atoms with van der Waals surface area (Å²) in [7, 11) is 0. The van der Waals surface area contributed by atoms with E-state index in [2.05, 4.69) is 4.98 Å². The van der Waals surface area contributed by atoms with Crippen molar-refractivity contribution in [3.05, 3.63) is 77.2 Å². The average molecular weight is 267 g/mol. The highest BCUT2D eigenvalue weighted by Crippen LogP contribution is 2.25. The van der Waals surface area contributed by atoms with Gasteiger partial charge in [0, 0.05) is 11.6 Å². The number of aliphatic hydroxyl groups excluding tert-OH is 1. The second kappa shape index (κ2) is 5.02. The molecule has 1 aromatic heterocycles. The number of hydrogen-bond acceptors (Lipinski definition) is 2. The van der Waals surface area contributed by atoms with E-state index in [1.165, 1.54) is 12.1 Å². The molecule has 100 valence electrons. The number of benzene rings is 2. The third-order valence-electron chi connectivity index (χ3n) is 3.33. The predicted octanol–water partition coefficient (Wildman–Crippen LogP) is 3.76. The Hall–Kier alpha value is -2.26. The minimum atomic E-state index is -0.851. The van der Waals surface area contributed by atoms with Gasteiger partial charge in [0.05, 0.1) is 5.52 Å². The van der Waals surface area contributed by atoms with Gasteiger partial charge in [-0.1, -0.05) is 24.3 Å². The van der Waals surface area contributed by atoms with Crippen molar-refractivity contribution in [2.24, 2.45) is 0 Å². The zero-order valence-corrected chi connectivity index (χ0v) is 11.0. The van der Waals surface area contributed by atoms with Crippen molar-refractivity contribution in [1.82, 2.24) is 4.98 Å². The molecule has 0 bridgehead atoms. The Morgan fingerprint density at radius 3 is 2.70 bits per heavy atom. The molecular weight excluding hydrogens is 253 g/mol. The number of aryl methyl sites for hydroxylation is 1. The number of hydrogen-bond donors (Lipinski definition) is 1. The molecule has 0 spiro atoms. The number of aromatic nitrogens is 1. The van der Waals surface area contributed by atoms with Crippen molar-refractivity contribution in [2.75, 3.05) is 0 Å². The molecule has 1 N–H and O–H groups in total. The topological polar surface area (TPSA) is 33.1 Å². The Morgan fingerprint density at radius 1 is 1.05 bits per heavy atom. The van der Waals surface area contributed by atoms with Crippen LogP contribution in [0, 0.1) is 12.7 Å². The van der Waals surface area contributed by atoms with Crippen molar-refractivity contribution in [3.63, 3.8) is 0 Å². The molecular formula is C17H14FNO. The molecule has 1 atom stereocenters. The van der Waals surface area contributed by atoms with Gasteiger partial charge in [-0.15, -0.1) is 0 Å². The number of nitrogens with zero attached hydrogens (tertiary/aromatic N) is 1. The fourth-order valence-corrected chi connectivity index (χ4v) is 2.37. The number of halogens is 1. The molecule has 0 aliphatic carbocycles. The summed E-state index contributed by atoms with van der Waals surface area (Å²) in [6.07, 6.45) is 0.862. The zero-order chi connectivity index (χ0) is 14.1. The Balaban J connectivity index is 2.05. The number of rotatable bonds is 2. The Kier molecular flexibility index (Phi) is 3.20. The second-order valence-corrected chi connectivity index (χ2v) is 4.92. The van der Waals surface area contributed by atoms with Crippen molar-refractivity contribution >= 4 is 10.9 Å². The standard InChI is InChI=1S/C17H14FNO/c1-11-7-14(9-15(18)8-11)17(20)13-5-4-12-3-2-6-19-16(12)10-13/h2-10,17,20H,1H3. The highest BCUT2D eigenvalue weighted by atomic mass is 19.1. The molecule has 0 radical (unpaired) electrons. The summed E-state index contributed by atoms with van der Waals surface area (Å²) in [6, 6.07) is 14.0. The molecule has 3 heteroatoms. The van der Waals surface area contributed by atoms with Crippen LogP contribution in [0.25, 0.3) is 10.9 Å². The summed E-state index contributed by atoms with van der Waals surface area (Å²) in [5, 5.41) is 11.4. The summed E-state index contributed by atoms with van der Waals surface area (Å²) in [5.41, 5.74) is 2.87. The SMILES string of the molecule is Cc1cc(F)cc(C(O)c2ccc3cccnc3c2)c1. The van der Waals surface area contributed by atoms with E-state index < -0.39 is 6.10 Å². The van der Waals surface area contributed by atoms with E-state index in [-0.39, 0.29) is 5.82 Å². The maximum absolute atomic E-state index is 13.4. The number of fused-ring (bicyclic) bond motifs is 1. The minimum Gasteiger partial charge on any atom is -0.384 e. The summed E-state index contributed by atoms with van der Waals surface area (Å²) in [4.78, 5) is 4.27. The van der Waals surface area contributed by atoms with E-state index in [0.29, 0.717) is 11.1 Å². The Labute approximate surface area is 116 Å². The van der Waals surface area contributed by atoms with Crippen molar-refractivity contribution in [3.8, 4) is 0 Å². The highest BCUT2D eigenvalue weighted by molar-refractivity contribution is 5.79. The van der Waals surface area contributed by atoms with Crippen molar-refractivity contribution in [1.29, 1.82) is 0 Å². The van der Waals surface area contributed by atoms with E-state index in [0.717, 1.165) is 16.5 Å². The van der Waals surface area contributed by atoms with Gasteiger partial charge in [0.1, 0.15) is 11.9 Å². The zero-order valence-electron chi connectivity index (χ0n) is 11.0. The van der Waals surface area contributed by atoms with Gasteiger partial charge >= 0.3 is 0 Å². The molecule has 1 heterocycles. The van der Waals surface area contributed by atoms with Crippen LogP contribution in [-0.4, -0.2) is 10.1 Å². The van der Waals surface area contributed by atoms with Gasteiger partial charge in [0.15, 0.2) is 0 Å². The van der Waals surface area contributed by atoms with Gasteiger partial charge in [-0.3, -0.25) is 4.98 Å². The van der Waals surface area contributed by atoms with Gasteiger partial charge in [0.2, 0.25) is 0 Å². The third kappa shape index (κ3) is 2.40. The lowest BCUT2D eigenvalue weighted by Gasteiger charge is -2.13. The van der Waals surface area contributed by atoms with Crippen LogP contribution < -0.4 is 0 Å². The maximum Gasteiger partial charge on any atom is 0.123 e. The molecule has 0 saturated heterocycles. The van der Waals surface area contributed by atoms with Gasteiger partial charge in [-0.05, 0) is 47.9 Å². The van der Waals surface area contributed by atoms with E-state index in [9.17, 15) is 9.50 Å². The summed E-state index contributed by atoms with van der Waals surface area (Å²) in [6.45, 7) is 1.81. The predicted molar refractivity (Wildman–Crippen MR) is 76.9 cm³/mol. The largest absolute Gasteiger partial charge is 0.384 e. The van der Waals surface area contributed by atoms with Crippen LogP contribution in [0.4, 0.5) is 4.39 Å². The smallest absolute Gasteiger partial charge is 0.123 e. The molecule has 0 aliphatic rings. The lowest BCUT2D eigenvalue weighted by atomic mass is 9.99. The van der Waals surface area contributed by atoms with Gasteiger partial charge in [-0.25, -0.2) is 4.39 Å². The lowest BCUT2D eigenvalue weighted by molar-refractivity contribution is 0.220. The molecule has 20 heavy (non-hydrogen) atoms. The summed E-state index contributed by atoms with van der Waals surface area (Å²) < 4.78 is 13.4. The molecule has 0 saturated carbocycles. The highest BCUT2D eigenvalue weighted by Gasteiger charge is 2.12. The molecule has 2 nitrogen and oxygen atoms in total. The molecule has 3 aromatic rings. The molecule has 0 fully saturated rings. The fourth-order valence-electron chi connectivity index (χ4n) is 2.37. The second-order valence-electron chi connectivity index (χ2n) is 4.92. The first kappa shape index (κ1) is 12.8. The molecule has 2 aromatic carbocycles. The minimum absolute atomic E-state index is 0.335. The van der Waals surface area contributed by atoms with Crippen LogP contribution in [-0.2, 0) is 0 Å². The lowest BCUT2D eigenvalue weighted by Crippen LogP contribution is -2.01. The van der Waals surface area contributed by atoms with Gasteiger partial charge < -0.3 is 5.11 Å². The first-order chi connectivity index (χ1) is 9.63. The van der Waals surface area contributed by atoms with E-state index in [1.54, 1.807) is 19.2 Å². The first-order valence-corrected chi connectivity index (χ1v) is 6.43. The molecule has 1 unspecified atom stereocenters. The van der Waals surface area contributed by atoms with E-state index >= 15 is 0 Å². The van der Waals surface area contributed by atoms with Crippen LogP contribution in [0.1, 0.15) is 22.8 Å². The van der Waals surface area contributed by atoms with Crippen LogP contribution in [0.5, 0.6) is 0 Å².